The van der Waals surface area contributed by atoms with Gasteiger partial charge in [0.15, 0.2) is 0 Å². The van der Waals surface area contributed by atoms with Crippen molar-refractivity contribution in [2.75, 3.05) is 20.3 Å². The van der Waals surface area contributed by atoms with E-state index in [1.54, 1.807) is 7.11 Å². The van der Waals surface area contributed by atoms with Crippen LogP contribution in [0.3, 0.4) is 0 Å². The van der Waals surface area contributed by atoms with Crippen molar-refractivity contribution in [3.05, 3.63) is 23.8 Å². The molecule has 19 heavy (non-hydrogen) atoms. The molecule has 1 rings (SSSR count). The van der Waals surface area contributed by atoms with E-state index in [4.69, 9.17) is 14.6 Å². The van der Waals surface area contributed by atoms with Gasteiger partial charge in [0.25, 0.3) is 0 Å². The predicted octanol–water partition coefficient (Wildman–Crippen LogP) is 2.34. The fourth-order valence-electron chi connectivity index (χ4n) is 1.55. The van der Waals surface area contributed by atoms with Crippen molar-refractivity contribution in [3.8, 4) is 11.5 Å². The van der Waals surface area contributed by atoms with Crippen LogP contribution in [0.4, 0.5) is 0 Å². The van der Waals surface area contributed by atoms with Gasteiger partial charge in [-0.2, -0.15) is 0 Å². The van der Waals surface area contributed by atoms with E-state index >= 15 is 0 Å². The Balaban J connectivity index is 2.76. The summed E-state index contributed by atoms with van der Waals surface area (Å²) in [4.78, 5) is 0. The first-order valence-corrected chi connectivity index (χ1v) is 6.62. The van der Waals surface area contributed by atoms with Crippen LogP contribution in [0.1, 0.15) is 32.8 Å². The van der Waals surface area contributed by atoms with Crippen molar-refractivity contribution in [2.45, 2.75) is 39.3 Å². The minimum absolute atomic E-state index is 0.0578. The van der Waals surface area contributed by atoms with Crippen LogP contribution in [0.15, 0.2) is 18.2 Å². The number of ether oxygens (including phenoxy) is 2. The van der Waals surface area contributed by atoms with Crippen molar-refractivity contribution in [1.29, 1.82) is 0 Å². The van der Waals surface area contributed by atoms with Crippen molar-refractivity contribution >= 4 is 0 Å². The van der Waals surface area contributed by atoms with Crippen molar-refractivity contribution in [2.24, 2.45) is 0 Å². The first-order valence-electron chi connectivity index (χ1n) is 6.62. The van der Waals surface area contributed by atoms with Crippen LogP contribution < -0.4 is 14.8 Å². The van der Waals surface area contributed by atoms with E-state index in [-0.39, 0.29) is 12.1 Å². The molecule has 0 amide bonds. The van der Waals surface area contributed by atoms with Crippen LogP contribution in [0.5, 0.6) is 11.5 Å². The van der Waals surface area contributed by atoms with Gasteiger partial charge < -0.3 is 19.9 Å². The van der Waals surface area contributed by atoms with Crippen LogP contribution in [-0.2, 0) is 6.54 Å². The molecule has 0 spiro atoms. The molecule has 0 aliphatic rings. The molecule has 0 heterocycles. The van der Waals surface area contributed by atoms with Gasteiger partial charge in [-0.15, -0.1) is 0 Å². The number of hydrogen-bond acceptors (Lipinski definition) is 4. The minimum atomic E-state index is 0.0578. The SMILES string of the molecule is COc1ccc(CNC(C)(C)C)c(OCCCO)c1. The molecule has 0 bridgehead atoms. The van der Waals surface area contributed by atoms with E-state index in [0.717, 1.165) is 23.6 Å². The highest BCUT2D eigenvalue weighted by atomic mass is 16.5. The molecule has 1 aromatic rings. The molecule has 4 nitrogen and oxygen atoms in total. The maximum Gasteiger partial charge on any atom is 0.127 e. The Bertz CT molecular complexity index is 385. The highest BCUT2D eigenvalue weighted by Crippen LogP contribution is 2.25. The van der Waals surface area contributed by atoms with Gasteiger partial charge >= 0.3 is 0 Å². The smallest absolute Gasteiger partial charge is 0.127 e. The van der Waals surface area contributed by atoms with Gasteiger partial charge in [-0.1, -0.05) is 6.07 Å². The topological polar surface area (TPSA) is 50.7 Å². The van der Waals surface area contributed by atoms with E-state index in [9.17, 15) is 0 Å². The molecule has 4 heteroatoms. The summed E-state index contributed by atoms with van der Waals surface area (Å²) in [5.41, 5.74) is 1.15. The van der Waals surface area contributed by atoms with E-state index in [0.29, 0.717) is 13.0 Å². The Hall–Kier alpha value is -1.26. The average Bonchev–Trinajstić information content (AvgIpc) is 2.36. The first-order chi connectivity index (χ1) is 8.96. The van der Waals surface area contributed by atoms with Gasteiger partial charge in [0.1, 0.15) is 11.5 Å². The maximum absolute atomic E-state index is 8.81. The quantitative estimate of drug-likeness (QED) is 0.745. The van der Waals surface area contributed by atoms with E-state index < -0.39 is 0 Å². The molecule has 0 aromatic heterocycles. The van der Waals surface area contributed by atoms with Crippen molar-refractivity contribution < 1.29 is 14.6 Å². The largest absolute Gasteiger partial charge is 0.497 e. The summed E-state index contributed by atoms with van der Waals surface area (Å²) in [5, 5.41) is 12.2. The summed E-state index contributed by atoms with van der Waals surface area (Å²) in [6, 6.07) is 5.82. The van der Waals surface area contributed by atoms with E-state index in [1.165, 1.54) is 0 Å². The van der Waals surface area contributed by atoms with Gasteiger partial charge in [0, 0.05) is 36.7 Å². The van der Waals surface area contributed by atoms with Crippen LogP contribution in [-0.4, -0.2) is 31.0 Å². The van der Waals surface area contributed by atoms with Gasteiger partial charge in [-0.25, -0.2) is 0 Å². The molecular formula is C15H25NO3. The van der Waals surface area contributed by atoms with Gasteiger partial charge in [-0.3, -0.25) is 0 Å². The van der Waals surface area contributed by atoms with Crippen molar-refractivity contribution in [1.82, 2.24) is 5.32 Å². The lowest BCUT2D eigenvalue weighted by Gasteiger charge is -2.22. The Morgan fingerprint density at radius 2 is 2.00 bits per heavy atom. The van der Waals surface area contributed by atoms with E-state index in [1.807, 2.05) is 18.2 Å². The molecule has 0 saturated carbocycles. The molecule has 0 saturated heterocycles. The predicted molar refractivity (Wildman–Crippen MR) is 76.8 cm³/mol. The summed E-state index contributed by atoms with van der Waals surface area (Å²) in [6.07, 6.45) is 0.628. The molecule has 1 aromatic carbocycles. The number of nitrogens with one attached hydrogen (secondary N) is 1. The summed E-state index contributed by atoms with van der Waals surface area (Å²) >= 11 is 0. The fourth-order valence-corrected chi connectivity index (χ4v) is 1.55. The fraction of sp³-hybridized carbons (Fsp3) is 0.600. The number of benzene rings is 1. The molecular weight excluding hydrogens is 242 g/mol. The summed E-state index contributed by atoms with van der Waals surface area (Å²) in [7, 11) is 1.64. The number of methoxy groups -OCH3 is 1. The first kappa shape index (κ1) is 15.8. The Morgan fingerprint density at radius 1 is 1.26 bits per heavy atom. The highest BCUT2D eigenvalue weighted by molar-refractivity contribution is 5.40. The molecule has 0 aliphatic carbocycles. The molecule has 0 aliphatic heterocycles. The third-order valence-corrected chi connectivity index (χ3v) is 2.64. The minimum Gasteiger partial charge on any atom is -0.497 e. The lowest BCUT2D eigenvalue weighted by Crippen LogP contribution is -2.35. The van der Waals surface area contributed by atoms with Gasteiger partial charge in [-0.05, 0) is 26.8 Å². The van der Waals surface area contributed by atoms with E-state index in [2.05, 4.69) is 26.1 Å². The number of aliphatic hydroxyl groups is 1. The average molecular weight is 267 g/mol. The normalized spacial score (nSPS) is 11.4. The van der Waals surface area contributed by atoms with Crippen LogP contribution in [0.25, 0.3) is 0 Å². The zero-order valence-corrected chi connectivity index (χ0v) is 12.3. The molecule has 0 atom stereocenters. The maximum atomic E-state index is 8.81. The molecule has 108 valence electrons. The Morgan fingerprint density at radius 3 is 2.58 bits per heavy atom. The number of hydrogen-bond donors (Lipinski definition) is 2. The summed E-state index contributed by atoms with van der Waals surface area (Å²) in [5.74, 6) is 1.59. The number of rotatable bonds is 7. The summed E-state index contributed by atoms with van der Waals surface area (Å²) < 4.78 is 10.9. The second kappa shape index (κ2) is 7.36. The third-order valence-electron chi connectivity index (χ3n) is 2.64. The van der Waals surface area contributed by atoms with Crippen LogP contribution in [0.2, 0.25) is 0 Å². The summed E-state index contributed by atoms with van der Waals surface area (Å²) in [6.45, 7) is 7.77. The molecule has 0 radical (unpaired) electrons. The lowest BCUT2D eigenvalue weighted by atomic mass is 10.1. The monoisotopic (exact) mass is 267 g/mol. The second-order valence-corrected chi connectivity index (χ2v) is 5.50. The van der Waals surface area contributed by atoms with Crippen LogP contribution in [0, 0.1) is 0 Å². The van der Waals surface area contributed by atoms with Crippen LogP contribution >= 0.6 is 0 Å². The van der Waals surface area contributed by atoms with Crippen molar-refractivity contribution in [3.63, 3.8) is 0 Å². The standard InChI is InChI=1S/C15H25NO3/c1-15(2,3)16-11-12-6-7-13(18-4)10-14(12)19-9-5-8-17/h6-7,10,16-17H,5,8-9,11H2,1-4H3. The molecule has 0 fully saturated rings. The second-order valence-electron chi connectivity index (χ2n) is 5.50. The Kier molecular flexibility index (Phi) is 6.12. The third kappa shape index (κ3) is 5.94. The highest BCUT2D eigenvalue weighted by Gasteiger charge is 2.11. The molecule has 2 N–H and O–H groups in total. The lowest BCUT2D eigenvalue weighted by molar-refractivity contribution is 0.231. The zero-order valence-electron chi connectivity index (χ0n) is 12.3. The number of aliphatic hydroxyl groups excluding tert-OH is 1. The van der Waals surface area contributed by atoms with Gasteiger partial charge in [0.05, 0.1) is 13.7 Å². The zero-order chi connectivity index (χ0) is 14.3. The Labute approximate surface area is 115 Å². The van der Waals surface area contributed by atoms with Gasteiger partial charge in [0.2, 0.25) is 0 Å². The molecule has 0 unspecified atom stereocenters.